The fraction of sp³-hybridized carbons (Fsp3) is 0.462. The number of nitrogens with one attached hydrogen (secondary N) is 1. The highest BCUT2D eigenvalue weighted by atomic mass is 16.5. The maximum absolute atomic E-state index is 4.96. The monoisotopic (exact) mass is 261 g/mol. The van der Waals surface area contributed by atoms with E-state index < -0.39 is 0 Å². The van der Waals surface area contributed by atoms with Crippen molar-refractivity contribution in [1.29, 1.82) is 0 Å². The first-order valence-corrected chi connectivity index (χ1v) is 6.36. The lowest BCUT2D eigenvalue weighted by Gasteiger charge is -2.01. The van der Waals surface area contributed by atoms with Crippen LogP contribution in [0.3, 0.4) is 0 Å². The van der Waals surface area contributed by atoms with Gasteiger partial charge in [0.15, 0.2) is 0 Å². The zero-order valence-electron chi connectivity index (χ0n) is 11.1. The van der Waals surface area contributed by atoms with Crippen LogP contribution in [0.1, 0.15) is 11.3 Å². The Morgan fingerprint density at radius 3 is 2.95 bits per heavy atom. The Hall–Kier alpha value is -1.79. The van der Waals surface area contributed by atoms with Gasteiger partial charge in [-0.15, -0.1) is 5.10 Å². The van der Waals surface area contributed by atoms with Crippen molar-refractivity contribution in [2.24, 2.45) is 0 Å². The summed E-state index contributed by atoms with van der Waals surface area (Å²) in [5.41, 5.74) is 2.20. The average Bonchev–Trinajstić information content (AvgIpc) is 2.91. The molecule has 2 aromatic rings. The van der Waals surface area contributed by atoms with Crippen molar-refractivity contribution >= 4 is 0 Å². The van der Waals surface area contributed by atoms with Gasteiger partial charge in [0, 0.05) is 45.3 Å². The van der Waals surface area contributed by atoms with Gasteiger partial charge in [0.25, 0.3) is 0 Å². The normalized spacial score (nSPS) is 10.8. The molecule has 0 aliphatic heterocycles. The van der Waals surface area contributed by atoms with Crippen LogP contribution in [-0.2, 0) is 24.2 Å². The summed E-state index contributed by atoms with van der Waals surface area (Å²) in [4.78, 5) is 4.00. The van der Waals surface area contributed by atoms with Crippen molar-refractivity contribution in [1.82, 2.24) is 25.3 Å². The predicted molar refractivity (Wildman–Crippen MR) is 71.5 cm³/mol. The van der Waals surface area contributed by atoms with Gasteiger partial charge >= 0.3 is 0 Å². The van der Waals surface area contributed by atoms with E-state index in [1.807, 2.05) is 35.4 Å². The number of nitrogens with zero attached hydrogens (tertiary/aromatic N) is 4. The number of rotatable bonds is 8. The molecule has 0 spiro atoms. The zero-order chi connectivity index (χ0) is 13.3. The first-order chi connectivity index (χ1) is 9.38. The minimum atomic E-state index is 0.705. The largest absolute Gasteiger partial charge is 0.383 e. The fourth-order valence-electron chi connectivity index (χ4n) is 1.71. The molecule has 0 aliphatic carbocycles. The van der Waals surface area contributed by atoms with Crippen molar-refractivity contribution < 1.29 is 4.74 Å². The van der Waals surface area contributed by atoms with E-state index in [0.717, 1.165) is 31.7 Å². The lowest BCUT2D eigenvalue weighted by Crippen LogP contribution is -2.18. The van der Waals surface area contributed by atoms with Crippen LogP contribution in [0.4, 0.5) is 0 Å². The molecule has 1 N–H and O–H groups in total. The molecule has 0 unspecified atom stereocenters. The van der Waals surface area contributed by atoms with Gasteiger partial charge in [-0.3, -0.25) is 9.67 Å². The van der Waals surface area contributed by atoms with Gasteiger partial charge in [-0.1, -0.05) is 5.21 Å². The van der Waals surface area contributed by atoms with Crippen LogP contribution in [-0.4, -0.2) is 40.2 Å². The molecule has 6 heteroatoms. The number of ether oxygens (including phenoxy) is 1. The molecule has 0 aliphatic rings. The van der Waals surface area contributed by atoms with Crippen LogP contribution in [0, 0.1) is 0 Å². The van der Waals surface area contributed by atoms with E-state index in [1.54, 1.807) is 7.11 Å². The number of hydrogen-bond acceptors (Lipinski definition) is 5. The summed E-state index contributed by atoms with van der Waals surface area (Å²) in [6.07, 6.45) is 6.52. The van der Waals surface area contributed by atoms with E-state index >= 15 is 0 Å². The molecule has 0 aromatic carbocycles. The number of hydrogen-bond donors (Lipinski definition) is 1. The van der Waals surface area contributed by atoms with E-state index in [9.17, 15) is 0 Å². The van der Waals surface area contributed by atoms with Crippen molar-refractivity contribution in [2.75, 3.05) is 20.3 Å². The molecule has 0 saturated carbocycles. The molecule has 2 rings (SSSR count). The Balaban J connectivity index is 1.74. The molecule has 0 atom stereocenters. The van der Waals surface area contributed by atoms with Gasteiger partial charge in [-0.05, 0) is 24.1 Å². The third-order valence-corrected chi connectivity index (χ3v) is 2.75. The van der Waals surface area contributed by atoms with E-state index in [0.29, 0.717) is 6.61 Å². The highest BCUT2D eigenvalue weighted by Crippen LogP contribution is 2.00. The molecule has 6 nitrogen and oxygen atoms in total. The summed E-state index contributed by atoms with van der Waals surface area (Å²) in [6, 6.07) is 4.04. The molecular formula is C13H19N5O. The predicted octanol–water partition coefficient (Wildman–Crippen LogP) is 0.652. The summed E-state index contributed by atoms with van der Waals surface area (Å²) in [5, 5.41) is 11.5. The molecule has 2 aromatic heterocycles. The van der Waals surface area contributed by atoms with Gasteiger partial charge < -0.3 is 10.1 Å². The zero-order valence-corrected chi connectivity index (χ0v) is 11.1. The molecule has 2 heterocycles. The standard InChI is InChI=1S/C13H19N5O/c1-19-9-7-15-10-13-11-18(17-16-13)8-4-12-2-5-14-6-3-12/h2-3,5-6,11,15H,4,7-10H2,1H3. The summed E-state index contributed by atoms with van der Waals surface area (Å²) < 4.78 is 6.83. The third kappa shape index (κ3) is 4.76. The first-order valence-electron chi connectivity index (χ1n) is 6.36. The molecule has 0 bridgehead atoms. The fourth-order valence-corrected chi connectivity index (χ4v) is 1.71. The maximum atomic E-state index is 4.96. The number of aryl methyl sites for hydroxylation is 2. The van der Waals surface area contributed by atoms with Gasteiger partial charge in [0.1, 0.15) is 0 Å². The quantitative estimate of drug-likeness (QED) is 0.707. The van der Waals surface area contributed by atoms with E-state index in [4.69, 9.17) is 4.74 Å². The second-order valence-corrected chi connectivity index (χ2v) is 4.25. The highest BCUT2D eigenvalue weighted by molar-refractivity contribution is 5.09. The first kappa shape index (κ1) is 13.6. The Bertz CT molecular complexity index is 471. The molecule has 102 valence electrons. The van der Waals surface area contributed by atoms with Crippen molar-refractivity contribution in [2.45, 2.75) is 19.5 Å². The summed E-state index contributed by atoms with van der Waals surface area (Å²) in [6.45, 7) is 3.07. The minimum absolute atomic E-state index is 0.705. The minimum Gasteiger partial charge on any atom is -0.383 e. The summed E-state index contributed by atoms with van der Waals surface area (Å²) >= 11 is 0. The van der Waals surface area contributed by atoms with Gasteiger partial charge in [-0.2, -0.15) is 0 Å². The van der Waals surface area contributed by atoms with Crippen LogP contribution >= 0.6 is 0 Å². The van der Waals surface area contributed by atoms with Gasteiger partial charge in [0.05, 0.1) is 12.3 Å². The van der Waals surface area contributed by atoms with Crippen LogP contribution in [0.5, 0.6) is 0 Å². The second kappa shape index (κ2) is 7.60. The van der Waals surface area contributed by atoms with Crippen molar-refractivity contribution in [3.63, 3.8) is 0 Å². The van der Waals surface area contributed by atoms with Gasteiger partial charge in [-0.25, -0.2) is 0 Å². The smallest absolute Gasteiger partial charge is 0.0964 e. The Labute approximate surface area is 112 Å². The topological polar surface area (TPSA) is 64.9 Å². The highest BCUT2D eigenvalue weighted by Gasteiger charge is 2.00. The van der Waals surface area contributed by atoms with Crippen LogP contribution in [0.15, 0.2) is 30.7 Å². The van der Waals surface area contributed by atoms with E-state index in [1.165, 1.54) is 5.56 Å². The maximum Gasteiger partial charge on any atom is 0.0964 e. The van der Waals surface area contributed by atoms with Gasteiger partial charge in [0.2, 0.25) is 0 Å². The second-order valence-electron chi connectivity index (χ2n) is 4.25. The SMILES string of the molecule is COCCNCc1cn(CCc2ccncc2)nn1. The number of pyridine rings is 1. The molecule has 19 heavy (non-hydrogen) atoms. The van der Waals surface area contributed by atoms with Crippen LogP contribution < -0.4 is 5.32 Å². The Morgan fingerprint density at radius 2 is 2.16 bits per heavy atom. The van der Waals surface area contributed by atoms with E-state index in [-0.39, 0.29) is 0 Å². The Kier molecular flexibility index (Phi) is 5.46. The molecular weight excluding hydrogens is 242 g/mol. The van der Waals surface area contributed by atoms with Crippen molar-refractivity contribution in [3.05, 3.63) is 42.0 Å². The summed E-state index contributed by atoms with van der Waals surface area (Å²) in [7, 11) is 1.69. The third-order valence-electron chi connectivity index (χ3n) is 2.75. The van der Waals surface area contributed by atoms with Crippen LogP contribution in [0.2, 0.25) is 0 Å². The number of methoxy groups -OCH3 is 1. The lowest BCUT2D eigenvalue weighted by atomic mass is 10.2. The molecule has 0 fully saturated rings. The van der Waals surface area contributed by atoms with Crippen LogP contribution in [0.25, 0.3) is 0 Å². The molecule has 0 amide bonds. The van der Waals surface area contributed by atoms with Crippen molar-refractivity contribution in [3.8, 4) is 0 Å². The number of aromatic nitrogens is 4. The molecule has 0 saturated heterocycles. The molecule has 0 radical (unpaired) electrons. The Morgan fingerprint density at radius 1 is 1.32 bits per heavy atom. The van der Waals surface area contributed by atoms with E-state index in [2.05, 4.69) is 20.6 Å². The summed E-state index contributed by atoms with van der Waals surface area (Å²) in [5.74, 6) is 0. The average molecular weight is 261 g/mol. The lowest BCUT2D eigenvalue weighted by molar-refractivity contribution is 0.199.